The molecule has 2 aliphatic rings. The number of carboxylic acids is 1. The van der Waals surface area contributed by atoms with E-state index in [1.165, 1.54) is 11.8 Å². The number of hydrogen-bond acceptors (Lipinski definition) is 4. The summed E-state index contributed by atoms with van der Waals surface area (Å²) >= 11 is 0. The first-order valence-corrected chi connectivity index (χ1v) is 5.51. The number of nitrogens with zero attached hydrogens (tertiary/aromatic N) is 2. The molecule has 2 atom stereocenters. The first kappa shape index (κ1) is 10.3. The number of rotatable bonds is 3. The van der Waals surface area contributed by atoms with Gasteiger partial charge in [-0.25, -0.2) is 4.79 Å². The van der Waals surface area contributed by atoms with Crippen LogP contribution < -0.4 is 0 Å². The maximum absolute atomic E-state index is 11.2. The average molecular weight is 236 g/mol. The SMILES string of the molecule is COC(=O)Cn1nc(C(=O)O)c2c1CC1CC21. The predicted octanol–water partition coefficient (Wildman–Crippen LogP) is 0.414. The summed E-state index contributed by atoms with van der Waals surface area (Å²) < 4.78 is 6.06. The quantitative estimate of drug-likeness (QED) is 0.769. The second-order valence-electron chi connectivity index (χ2n) is 4.55. The van der Waals surface area contributed by atoms with Crippen molar-refractivity contribution in [1.82, 2.24) is 9.78 Å². The maximum atomic E-state index is 11.2. The maximum Gasteiger partial charge on any atom is 0.356 e. The highest BCUT2D eigenvalue weighted by atomic mass is 16.5. The summed E-state index contributed by atoms with van der Waals surface area (Å²) in [6.45, 7) is -0.00838. The molecule has 1 heterocycles. The van der Waals surface area contributed by atoms with Gasteiger partial charge in [-0.2, -0.15) is 5.10 Å². The molecule has 0 aliphatic heterocycles. The first-order chi connectivity index (χ1) is 8.11. The summed E-state index contributed by atoms with van der Waals surface area (Å²) in [5.41, 5.74) is 1.84. The van der Waals surface area contributed by atoms with Gasteiger partial charge in [-0.3, -0.25) is 9.48 Å². The Bertz CT molecular complexity index is 520. The molecule has 0 amide bonds. The van der Waals surface area contributed by atoms with E-state index in [0.717, 1.165) is 24.1 Å². The van der Waals surface area contributed by atoms with Crippen molar-refractivity contribution in [2.75, 3.05) is 7.11 Å². The second-order valence-corrected chi connectivity index (χ2v) is 4.55. The second kappa shape index (κ2) is 3.32. The minimum Gasteiger partial charge on any atom is -0.476 e. The van der Waals surface area contributed by atoms with E-state index < -0.39 is 11.9 Å². The molecule has 1 fully saturated rings. The van der Waals surface area contributed by atoms with Crippen LogP contribution in [0.1, 0.15) is 34.1 Å². The lowest BCUT2D eigenvalue weighted by molar-refractivity contribution is -0.141. The summed E-state index contributed by atoms with van der Waals surface area (Å²) in [6, 6.07) is 0. The molecule has 2 unspecified atom stereocenters. The van der Waals surface area contributed by atoms with E-state index in [9.17, 15) is 9.59 Å². The molecule has 6 nitrogen and oxygen atoms in total. The Morgan fingerprint density at radius 2 is 2.35 bits per heavy atom. The van der Waals surface area contributed by atoms with Crippen molar-refractivity contribution in [3.63, 3.8) is 0 Å². The standard InChI is InChI=1S/C11H12N2O4/c1-17-8(14)4-13-7-3-5-2-6(5)9(7)10(12-13)11(15)16/h5-6H,2-4H2,1H3,(H,15,16). The fourth-order valence-electron chi connectivity index (χ4n) is 2.67. The lowest BCUT2D eigenvalue weighted by atomic mass is 10.1. The van der Waals surface area contributed by atoms with Gasteiger partial charge in [0.15, 0.2) is 5.69 Å². The van der Waals surface area contributed by atoms with Gasteiger partial charge in [0, 0.05) is 11.3 Å². The van der Waals surface area contributed by atoms with Crippen LogP contribution in [0.15, 0.2) is 0 Å². The number of carboxylic acid groups (broad SMARTS) is 1. The van der Waals surface area contributed by atoms with Gasteiger partial charge in [0.2, 0.25) is 0 Å². The number of hydrogen-bond donors (Lipinski definition) is 1. The van der Waals surface area contributed by atoms with Crippen molar-refractivity contribution in [3.8, 4) is 0 Å². The van der Waals surface area contributed by atoms with E-state index in [-0.39, 0.29) is 12.2 Å². The van der Waals surface area contributed by atoms with Crippen LogP contribution in [0.4, 0.5) is 0 Å². The van der Waals surface area contributed by atoms with E-state index in [1.54, 1.807) is 0 Å². The van der Waals surface area contributed by atoms with Crippen LogP contribution in [0.3, 0.4) is 0 Å². The highest BCUT2D eigenvalue weighted by molar-refractivity contribution is 5.88. The molecule has 1 aromatic rings. The fraction of sp³-hybridized carbons (Fsp3) is 0.545. The molecule has 2 aliphatic carbocycles. The van der Waals surface area contributed by atoms with Crippen LogP contribution in [-0.2, 0) is 22.5 Å². The number of methoxy groups -OCH3 is 1. The molecule has 3 rings (SSSR count). The highest BCUT2D eigenvalue weighted by Crippen LogP contribution is 2.57. The Hall–Kier alpha value is -1.85. The van der Waals surface area contributed by atoms with E-state index in [4.69, 9.17) is 5.11 Å². The zero-order valence-electron chi connectivity index (χ0n) is 9.34. The fourth-order valence-corrected chi connectivity index (χ4v) is 2.67. The summed E-state index contributed by atoms with van der Waals surface area (Å²) in [6.07, 6.45) is 1.88. The summed E-state index contributed by atoms with van der Waals surface area (Å²) in [7, 11) is 1.31. The van der Waals surface area contributed by atoms with E-state index >= 15 is 0 Å². The minimum absolute atomic E-state index is 0.00838. The van der Waals surface area contributed by atoms with Gasteiger partial charge in [-0.15, -0.1) is 0 Å². The molecule has 1 N–H and O–H groups in total. The number of fused-ring (bicyclic) bond motifs is 3. The Labute approximate surface area is 97.2 Å². The smallest absolute Gasteiger partial charge is 0.356 e. The van der Waals surface area contributed by atoms with Gasteiger partial charge < -0.3 is 9.84 Å². The van der Waals surface area contributed by atoms with E-state index in [0.29, 0.717) is 11.8 Å². The van der Waals surface area contributed by atoms with Crippen molar-refractivity contribution < 1.29 is 19.4 Å². The largest absolute Gasteiger partial charge is 0.476 e. The molecule has 17 heavy (non-hydrogen) atoms. The molecule has 90 valence electrons. The number of carbonyl (C=O) groups excluding carboxylic acids is 1. The van der Waals surface area contributed by atoms with Crippen LogP contribution in [0.5, 0.6) is 0 Å². The molecule has 0 saturated heterocycles. The third-order valence-corrected chi connectivity index (χ3v) is 3.56. The molecule has 0 bridgehead atoms. The Morgan fingerprint density at radius 3 is 3.00 bits per heavy atom. The summed E-state index contributed by atoms with van der Waals surface area (Å²) in [5, 5.41) is 13.1. The molecular formula is C11H12N2O4. The predicted molar refractivity (Wildman–Crippen MR) is 55.8 cm³/mol. The topological polar surface area (TPSA) is 81.4 Å². The molecule has 1 saturated carbocycles. The van der Waals surface area contributed by atoms with Crippen LogP contribution >= 0.6 is 0 Å². The molecule has 0 spiro atoms. The molecule has 1 aromatic heterocycles. The number of ether oxygens (including phenoxy) is 1. The third-order valence-electron chi connectivity index (χ3n) is 3.56. The minimum atomic E-state index is -1.02. The van der Waals surface area contributed by atoms with Crippen molar-refractivity contribution in [3.05, 3.63) is 17.0 Å². The van der Waals surface area contributed by atoms with Gasteiger partial charge >= 0.3 is 11.9 Å². The average Bonchev–Trinajstić information content (AvgIpc) is 2.81. The van der Waals surface area contributed by atoms with Crippen LogP contribution in [0, 0.1) is 5.92 Å². The van der Waals surface area contributed by atoms with Crippen LogP contribution in [-0.4, -0.2) is 33.9 Å². The Balaban J connectivity index is 2.00. The lowest BCUT2D eigenvalue weighted by Gasteiger charge is -2.04. The summed E-state index contributed by atoms with van der Waals surface area (Å²) in [4.78, 5) is 22.3. The van der Waals surface area contributed by atoms with E-state index in [1.807, 2.05) is 0 Å². The van der Waals surface area contributed by atoms with Crippen LogP contribution in [0.25, 0.3) is 0 Å². The Kier molecular flexibility index (Phi) is 2.01. The highest BCUT2D eigenvalue weighted by Gasteiger charge is 2.50. The first-order valence-electron chi connectivity index (χ1n) is 5.51. The van der Waals surface area contributed by atoms with Crippen molar-refractivity contribution in [2.24, 2.45) is 5.92 Å². The van der Waals surface area contributed by atoms with Crippen molar-refractivity contribution in [1.29, 1.82) is 0 Å². The van der Waals surface area contributed by atoms with Gasteiger partial charge in [-0.05, 0) is 24.7 Å². The van der Waals surface area contributed by atoms with Gasteiger partial charge in [-0.1, -0.05) is 0 Å². The Morgan fingerprint density at radius 1 is 1.59 bits per heavy atom. The normalized spacial score (nSPS) is 24.1. The number of aromatic nitrogens is 2. The molecular weight excluding hydrogens is 224 g/mol. The zero-order chi connectivity index (χ0) is 12.2. The molecule has 0 radical (unpaired) electrons. The third kappa shape index (κ3) is 1.44. The molecule has 6 heteroatoms. The van der Waals surface area contributed by atoms with Gasteiger partial charge in [0.1, 0.15) is 6.54 Å². The van der Waals surface area contributed by atoms with Crippen molar-refractivity contribution in [2.45, 2.75) is 25.3 Å². The van der Waals surface area contributed by atoms with Crippen molar-refractivity contribution >= 4 is 11.9 Å². The zero-order valence-corrected chi connectivity index (χ0v) is 9.34. The molecule has 0 aromatic carbocycles. The van der Waals surface area contributed by atoms with Gasteiger partial charge in [0.05, 0.1) is 7.11 Å². The summed E-state index contributed by atoms with van der Waals surface area (Å²) in [5.74, 6) is -0.516. The number of esters is 1. The van der Waals surface area contributed by atoms with Crippen LogP contribution in [0.2, 0.25) is 0 Å². The number of carbonyl (C=O) groups is 2. The lowest BCUT2D eigenvalue weighted by Crippen LogP contribution is -2.15. The van der Waals surface area contributed by atoms with Gasteiger partial charge in [0.25, 0.3) is 0 Å². The number of aromatic carboxylic acids is 1. The van der Waals surface area contributed by atoms with E-state index in [2.05, 4.69) is 9.84 Å². The monoisotopic (exact) mass is 236 g/mol.